The van der Waals surface area contributed by atoms with Gasteiger partial charge in [0.05, 0.1) is 6.61 Å². The molecule has 0 amide bonds. The highest BCUT2D eigenvalue weighted by Crippen LogP contribution is 2.30. The van der Waals surface area contributed by atoms with Crippen molar-refractivity contribution in [1.29, 1.82) is 0 Å². The molecule has 0 saturated carbocycles. The molecule has 21 heavy (non-hydrogen) atoms. The largest absolute Gasteiger partial charge is 0.494 e. The third kappa shape index (κ3) is 4.76. The summed E-state index contributed by atoms with van der Waals surface area (Å²) in [6, 6.07) is 13.7. The molecule has 0 bridgehead atoms. The maximum absolute atomic E-state index is 6.00. The van der Waals surface area contributed by atoms with Crippen LogP contribution in [0.25, 0.3) is 0 Å². The summed E-state index contributed by atoms with van der Waals surface area (Å²) >= 11 is 3.49. The van der Waals surface area contributed by atoms with Crippen molar-refractivity contribution < 1.29 is 9.47 Å². The topological polar surface area (TPSA) is 44.5 Å². The van der Waals surface area contributed by atoms with E-state index in [1.165, 1.54) is 0 Å². The fourth-order valence-corrected chi connectivity index (χ4v) is 2.48. The van der Waals surface area contributed by atoms with Crippen LogP contribution in [-0.2, 0) is 6.42 Å². The number of hydrogen-bond acceptors (Lipinski definition) is 3. The molecule has 0 spiro atoms. The van der Waals surface area contributed by atoms with Crippen molar-refractivity contribution in [3.05, 3.63) is 52.5 Å². The SMILES string of the molecule is CCOc1cccc(Oc2ccc(Br)cc2CC(C)N)c1. The summed E-state index contributed by atoms with van der Waals surface area (Å²) in [5.41, 5.74) is 6.99. The Labute approximate surface area is 134 Å². The first-order valence-corrected chi connectivity index (χ1v) is 7.82. The van der Waals surface area contributed by atoms with E-state index in [4.69, 9.17) is 15.2 Å². The van der Waals surface area contributed by atoms with Gasteiger partial charge in [-0.1, -0.05) is 22.0 Å². The van der Waals surface area contributed by atoms with E-state index in [0.717, 1.165) is 33.7 Å². The zero-order valence-electron chi connectivity index (χ0n) is 12.3. The van der Waals surface area contributed by atoms with Crippen LogP contribution in [0.2, 0.25) is 0 Å². The number of hydrogen-bond donors (Lipinski definition) is 1. The molecule has 0 heterocycles. The van der Waals surface area contributed by atoms with Crippen molar-refractivity contribution in [3.8, 4) is 17.2 Å². The van der Waals surface area contributed by atoms with Crippen LogP contribution in [0.4, 0.5) is 0 Å². The third-order valence-electron chi connectivity index (χ3n) is 2.91. The Balaban J connectivity index is 2.24. The van der Waals surface area contributed by atoms with Crippen molar-refractivity contribution in [2.75, 3.05) is 6.61 Å². The summed E-state index contributed by atoms with van der Waals surface area (Å²) in [4.78, 5) is 0. The van der Waals surface area contributed by atoms with Crippen LogP contribution in [0.15, 0.2) is 46.9 Å². The van der Waals surface area contributed by atoms with Gasteiger partial charge in [0.2, 0.25) is 0 Å². The first-order chi connectivity index (χ1) is 10.1. The second-order valence-corrected chi connectivity index (χ2v) is 5.86. The molecule has 2 N–H and O–H groups in total. The van der Waals surface area contributed by atoms with E-state index in [-0.39, 0.29) is 6.04 Å². The monoisotopic (exact) mass is 349 g/mol. The Morgan fingerprint density at radius 2 is 1.90 bits per heavy atom. The van der Waals surface area contributed by atoms with Gasteiger partial charge < -0.3 is 15.2 Å². The lowest BCUT2D eigenvalue weighted by Gasteiger charge is -2.14. The molecule has 2 rings (SSSR count). The van der Waals surface area contributed by atoms with E-state index < -0.39 is 0 Å². The van der Waals surface area contributed by atoms with E-state index in [1.54, 1.807) is 0 Å². The lowest BCUT2D eigenvalue weighted by atomic mass is 10.1. The normalized spacial score (nSPS) is 12.0. The lowest BCUT2D eigenvalue weighted by molar-refractivity contribution is 0.338. The third-order valence-corrected chi connectivity index (χ3v) is 3.40. The first kappa shape index (κ1) is 15.9. The standard InChI is InChI=1S/C17H20BrNO2/c1-3-20-15-5-4-6-16(11-15)21-17-8-7-14(18)10-13(17)9-12(2)19/h4-8,10-12H,3,9,19H2,1-2H3. The van der Waals surface area contributed by atoms with Crippen LogP contribution in [0.5, 0.6) is 17.2 Å². The summed E-state index contributed by atoms with van der Waals surface area (Å²) < 4.78 is 12.5. The molecule has 3 nitrogen and oxygen atoms in total. The molecule has 0 aliphatic heterocycles. The Morgan fingerprint density at radius 1 is 1.14 bits per heavy atom. The molecule has 0 aromatic heterocycles. The minimum atomic E-state index is 0.0800. The van der Waals surface area contributed by atoms with Crippen LogP contribution in [0, 0.1) is 0 Å². The van der Waals surface area contributed by atoms with Gasteiger partial charge in [-0.15, -0.1) is 0 Å². The molecule has 4 heteroatoms. The number of benzene rings is 2. The van der Waals surface area contributed by atoms with Gasteiger partial charge in [0.25, 0.3) is 0 Å². The van der Waals surface area contributed by atoms with Gasteiger partial charge in [0.15, 0.2) is 0 Å². The average molecular weight is 350 g/mol. The van der Waals surface area contributed by atoms with Gasteiger partial charge in [-0.2, -0.15) is 0 Å². The van der Waals surface area contributed by atoms with Crippen LogP contribution in [0.3, 0.4) is 0 Å². The van der Waals surface area contributed by atoms with Gasteiger partial charge in [0, 0.05) is 16.6 Å². The summed E-state index contributed by atoms with van der Waals surface area (Å²) in [5.74, 6) is 2.39. The van der Waals surface area contributed by atoms with E-state index in [1.807, 2.05) is 56.3 Å². The molecule has 0 aliphatic carbocycles. The highest BCUT2D eigenvalue weighted by Gasteiger charge is 2.09. The highest BCUT2D eigenvalue weighted by molar-refractivity contribution is 9.10. The first-order valence-electron chi connectivity index (χ1n) is 7.03. The van der Waals surface area contributed by atoms with Gasteiger partial charge in [-0.05, 0) is 56.2 Å². The number of halogens is 1. The van der Waals surface area contributed by atoms with Crippen LogP contribution < -0.4 is 15.2 Å². The fourth-order valence-electron chi connectivity index (χ4n) is 2.08. The van der Waals surface area contributed by atoms with Crippen LogP contribution >= 0.6 is 15.9 Å². The minimum absolute atomic E-state index is 0.0800. The molecule has 112 valence electrons. The Kier molecular flexibility index (Phi) is 5.65. The zero-order chi connectivity index (χ0) is 15.2. The molecule has 0 fully saturated rings. The molecule has 0 radical (unpaired) electrons. The van der Waals surface area contributed by atoms with E-state index in [9.17, 15) is 0 Å². The Bertz CT molecular complexity index is 599. The number of nitrogens with two attached hydrogens (primary N) is 1. The predicted octanol–water partition coefficient (Wildman–Crippen LogP) is 4.53. The molecule has 0 saturated heterocycles. The van der Waals surface area contributed by atoms with Crippen molar-refractivity contribution in [2.24, 2.45) is 5.73 Å². The molecule has 0 aliphatic rings. The van der Waals surface area contributed by atoms with Crippen LogP contribution in [-0.4, -0.2) is 12.6 Å². The zero-order valence-corrected chi connectivity index (χ0v) is 13.9. The summed E-state index contributed by atoms with van der Waals surface area (Å²) in [6.45, 7) is 4.58. The second kappa shape index (κ2) is 7.48. The maximum atomic E-state index is 6.00. The molecule has 1 unspecified atom stereocenters. The summed E-state index contributed by atoms with van der Waals surface area (Å²) in [7, 11) is 0. The van der Waals surface area contributed by atoms with Crippen molar-refractivity contribution in [3.63, 3.8) is 0 Å². The van der Waals surface area contributed by atoms with E-state index in [0.29, 0.717) is 6.61 Å². The van der Waals surface area contributed by atoms with E-state index >= 15 is 0 Å². The number of rotatable bonds is 6. The van der Waals surface area contributed by atoms with Gasteiger partial charge in [-0.3, -0.25) is 0 Å². The van der Waals surface area contributed by atoms with E-state index in [2.05, 4.69) is 15.9 Å². The molecule has 1 atom stereocenters. The molecular weight excluding hydrogens is 330 g/mol. The van der Waals surface area contributed by atoms with Gasteiger partial charge in [-0.25, -0.2) is 0 Å². The second-order valence-electron chi connectivity index (χ2n) is 4.94. The van der Waals surface area contributed by atoms with Crippen LogP contribution in [0.1, 0.15) is 19.4 Å². The predicted molar refractivity (Wildman–Crippen MR) is 89.2 cm³/mol. The van der Waals surface area contributed by atoms with Crippen molar-refractivity contribution in [1.82, 2.24) is 0 Å². The maximum Gasteiger partial charge on any atom is 0.131 e. The quantitative estimate of drug-likeness (QED) is 0.833. The summed E-state index contributed by atoms with van der Waals surface area (Å²) in [6.07, 6.45) is 0.764. The molecular formula is C17H20BrNO2. The molecule has 2 aromatic rings. The Hall–Kier alpha value is -1.52. The average Bonchev–Trinajstić information content (AvgIpc) is 2.42. The highest BCUT2D eigenvalue weighted by atomic mass is 79.9. The van der Waals surface area contributed by atoms with Gasteiger partial charge in [0.1, 0.15) is 17.2 Å². The van der Waals surface area contributed by atoms with Crippen molar-refractivity contribution in [2.45, 2.75) is 26.3 Å². The molecule has 2 aromatic carbocycles. The van der Waals surface area contributed by atoms with Crippen molar-refractivity contribution >= 4 is 15.9 Å². The number of ether oxygens (including phenoxy) is 2. The smallest absolute Gasteiger partial charge is 0.131 e. The Morgan fingerprint density at radius 3 is 2.62 bits per heavy atom. The minimum Gasteiger partial charge on any atom is -0.494 e. The van der Waals surface area contributed by atoms with Gasteiger partial charge >= 0.3 is 0 Å². The fraction of sp³-hybridized carbons (Fsp3) is 0.294. The summed E-state index contributed by atoms with van der Waals surface area (Å²) in [5, 5.41) is 0. The lowest BCUT2D eigenvalue weighted by Crippen LogP contribution is -2.18.